The molecular formula is C17H24O4. The Kier molecular flexibility index (Phi) is 6.40. The molecule has 1 aromatic rings. The van der Waals surface area contributed by atoms with Crippen molar-refractivity contribution in [1.82, 2.24) is 0 Å². The summed E-state index contributed by atoms with van der Waals surface area (Å²) >= 11 is 0. The number of Topliss-reactive ketones (excluding diaryl/α,β-unsaturated/α-hetero) is 1. The third-order valence-corrected chi connectivity index (χ3v) is 3.15. The molecule has 0 heterocycles. The van der Waals surface area contributed by atoms with E-state index in [-0.39, 0.29) is 12.5 Å². The molecule has 0 unspecified atom stereocenters. The summed E-state index contributed by atoms with van der Waals surface area (Å²) in [5, 5.41) is 0. The molecule has 0 spiro atoms. The lowest BCUT2D eigenvalue weighted by molar-refractivity contribution is -0.137. The van der Waals surface area contributed by atoms with E-state index in [4.69, 9.17) is 9.47 Å². The summed E-state index contributed by atoms with van der Waals surface area (Å²) in [5.41, 5.74) is 2.05. The maximum Gasteiger partial charge on any atom is 0.379 e. The van der Waals surface area contributed by atoms with Gasteiger partial charge in [0.2, 0.25) is 0 Å². The van der Waals surface area contributed by atoms with Crippen molar-refractivity contribution in [2.45, 2.75) is 47.0 Å². The molecule has 0 N–H and O–H groups in total. The molecule has 1 aromatic carbocycles. The van der Waals surface area contributed by atoms with Crippen molar-refractivity contribution in [3.63, 3.8) is 0 Å². The van der Waals surface area contributed by atoms with Crippen molar-refractivity contribution in [2.75, 3.05) is 13.2 Å². The van der Waals surface area contributed by atoms with Gasteiger partial charge in [0.05, 0.1) is 13.2 Å². The van der Waals surface area contributed by atoms with Crippen LogP contribution in [0.4, 0.5) is 0 Å². The molecule has 21 heavy (non-hydrogen) atoms. The van der Waals surface area contributed by atoms with Gasteiger partial charge in [0, 0.05) is 5.56 Å². The maximum atomic E-state index is 12.1. The van der Waals surface area contributed by atoms with Crippen molar-refractivity contribution < 1.29 is 19.1 Å². The summed E-state index contributed by atoms with van der Waals surface area (Å²) in [6, 6.07) is 3.59. The van der Waals surface area contributed by atoms with Crippen molar-refractivity contribution in [1.29, 1.82) is 0 Å². The van der Waals surface area contributed by atoms with Gasteiger partial charge in [-0.05, 0) is 49.4 Å². The molecule has 0 radical (unpaired) electrons. The van der Waals surface area contributed by atoms with Crippen molar-refractivity contribution >= 4 is 11.8 Å². The zero-order chi connectivity index (χ0) is 16.0. The zero-order valence-electron chi connectivity index (χ0n) is 13.5. The van der Waals surface area contributed by atoms with Gasteiger partial charge < -0.3 is 9.47 Å². The number of benzene rings is 1. The van der Waals surface area contributed by atoms with Crippen LogP contribution in [0.2, 0.25) is 0 Å². The summed E-state index contributed by atoms with van der Waals surface area (Å²) in [7, 11) is 0. The van der Waals surface area contributed by atoms with Gasteiger partial charge in [-0.25, -0.2) is 4.79 Å². The Morgan fingerprint density at radius 1 is 1.19 bits per heavy atom. The molecule has 4 heteroatoms. The highest BCUT2D eigenvalue weighted by molar-refractivity contribution is 6.41. The smallest absolute Gasteiger partial charge is 0.379 e. The summed E-state index contributed by atoms with van der Waals surface area (Å²) in [4.78, 5) is 23.8. The van der Waals surface area contributed by atoms with Crippen LogP contribution in [-0.2, 0) is 9.53 Å². The van der Waals surface area contributed by atoms with Crippen LogP contribution in [-0.4, -0.2) is 25.0 Å². The summed E-state index contributed by atoms with van der Waals surface area (Å²) in [5.74, 6) is -0.424. The molecule has 0 atom stereocenters. The van der Waals surface area contributed by atoms with Crippen LogP contribution in [0.5, 0.6) is 5.75 Å². The zero-order valence-corrected chi connectivity index (χ0v) is 13.5. The second-order valence-electron chi connectivity index (χ2n) is 5.26. The van der Waals surface area contributed by atoms with Crippen molar-refractivity contribution in [3.05, 3.63) is 28.8 Å². The lowest BCUT2D eigenvalue weighted by Crippen LogP contribution is -2.19. The highest BCUT2D eigenvalue weighted by atomic mass is 16.5. The van der Waals surface area contributed by atoms with Crippen LogP contribution >= 0.6 is 0 Å². The van der Waals surface area contributed by atoms with E-state index in [1.165, 1.54) is 0 Å². The Bertz CT molecular complexity index is 518. The van der Waals surface area contributed by atoms with E-state index in [0.29, 0.717) is 12.2 Å². The number of ketones is 1. The summed E-state index contributed by atoms with van der Waals surface area (Å²) in [6.07, 6.45) is 0.917. The molecule has 0 fully saturated rings. The Morgan fingerprint density at radius 3 is 2.38 bits per heavy atom. The van der Waals surface area contributed by atoms with Gasteiger partial charge in [0.25, 0.3) is 5.78 Å². The maximum absolute atomic E-state index is 12.1. The molecule has 116 valence electrons. The molecule has 0 bridgehead atoms. The molecule has 0 aromatic heterocycles. The Balaban J connectivity index is 3.20. The first-order valence-corrected chi connectivity index (χ1v) is 7.41. The molecule has 1 rings (SSSR count). The monoisotopic (exact) mass is 292 g/mol. The number of esters is 1. The van der Waals surface area contributed by atoms with Crippen LogP contribution in [0.1, 0.15) is 61.5 Å². The molecule has 4 nitrogen and oxygen atoms in total. The molecule has 0 saturated carbocycles. The van der Waals surface area contributed by atoms with Crippen molar-refractivity contribution in [3.8, 4) is 5.75 Å². The average molecular weight is 292 g/mol. The predicted molar refractivity (Wildman–Crippen MR) is 82.0 cm³/mol. The third kappa shape index (κ3) is 4.31. The van der Waals surface area contributed by atoms with Crippen LogP contribution < -0.4 is 4.74 Å². The lowest BCUT2D eigenvalue weighted by atomic mass is 9.94. The largest absolute Gasteiger partial charge is 0.493 e. The van der Waals surface area contributed by atoms with E-state index < -0.39 is 11.8 Å². The summed E-state index contributed by atoms with van der Waals surface area (Å²) in [6.45, 7) is 10.4. The van der Waals surface area contributed by atoms with E-state index in [9.17, 15) is 9.59 Å². The molecule has 0 aliphatic carbocycles. The number of ether oxygens (including phenoxy) is 2. The van der Waals surface area contributed by atoms with E-state index >= 15 is 0 Å². The number of carbonyl (C=O) groups is 2. The van der Waals surface area contributed by atoms with E-state index in [0.717, 1.165) is 23.3 Å². The second-order valence-corrected chi connectivity index (χ2v) is 5.26. The van der Waals surface area contributed by atoms with Gasteiger partial charge >= 0.3 is 5.97 Å². The minimum absolute atomic E-state index is 0.193. The first kappa shape index (κ1) is 17.2. The van der Waals surface area contributed by atoms with E-state index in [1.807, 2.05) is 26.8 Å². The minimum Gasteiger partial charge on any atom is -0.493 e. The standard InChI is InChI=1S/C17H24O4/c1-6-8-21-15-9-12(5)14(10-13(15)11(3)4)16(18)17(19)20-7-2/h9-11H,6-8H2,1-5H3. The minimum atomic E-state index is -0.808. The first-order chi connectivity index (χ1) is 9.92. The molecule has 0 amide bonds. The number of aryl methyl sites for hydroxylation is 1. The fraction of sp³-hybridized carbons (Fsp3) is 0.529. The van der Waals surface area contributed by atoms with Gasteiger partial charge in [-0.2, -0.15) is 0 Å². The SMILES string of the molecule is CCCOc1cc(C)c(C(=O)C(=O)OCC)cc1C(C)C. The van der Waals surface area contributed by atoms with E-state index in [2.05, 4.69) is 0 Å². The first-order valence-electron chi connectivity index (χ1n) is 7.41. The molecule has 0 saturated heterocycles. The van der Waals surface area contributed by atoms with E-state index in [1.54, 1.807) is 19.9 Å². The van der Waals surface area contributed by atoms with Gasteiger partial charge in [-0.15, -0.1) is 0 Å². The van der Waals surface area contributed by atoms with Gasteiger partial charge in [0.1, 0.15) is 5.75 Å². The van der Waals surface area contributed by atoms with Gasteiger partial charge in [-0.3, -0.25) is 4.79 Å². The molecular weight excluding hydrogens is 268 g/mol. The topological polar surface area (TPSA) is 52.6 Å². The lowest BCUT2D eigenvalue weighted by Gasteiger charge is -2.17. The predicted octanol–water partition coefficient (Wildman–Crippen LogP) is 3.65. The van der Waals surface area contributed by atoms with Crippen molar-refractivity contribution in [2.24, 2.45) is 0 Å². The second kappa shape index (κ2) is 7.81. The quantitative estimate of drug-likeness (QED) is 0.437. The highest BCUT2D eigenvalue weighted by Crippen LogP contribution is 2.30. The Hall–Kier alpha value is -1.84. The van der Waals surface area contributed by atoms with Crippen LogP contribution in [0.15, 0.2) is 12.1 Å². The fourth-order valence-corrected chi connectivity index (χ4v) is 2.04. The molecule has 0 aliphatic heterocycles. The normalized spacial score (nSPS) is 10.6. The number of hydrogen-bond acceptors (Lipinski definition) is 4. The molecule has 0 aliphatic rings. The fourth-order valence-electron chi connectivity index (χ4n) is 2.04. The summed E-state index contributed by atoms with van der Waals surface area (Å²) < 4.78 is 10.5. The number of carbonyl (C=O) groups excluding carboxylic acids is 2. The Morgan fingerprint density at radius 2 is 1.86 bits per heavy atom. The third-order valence-electron chi connectivity index (χ3n) is 3.15. The van der Waals surface area contributed by atoms with Crippen LogP contribution in [0.25, 0.3) is 0 Å². The highest BCUT2D eigenvalue weighted by Gasteiger charge is 2.22. The Labute approximate surface area is 126 Å². The number of hydrogen-bond donors (Lipinski definition) is 0. The van der Waals surface area contributed by atoms with Crippen LogP contribution in [0.3, 0.4) is 0 Å². The number of rotatable bonds is 7. The van der Waals surface area contributed by atoms with Gasteiger partial charge in [-0.1, -0.05) is 20.8 Å². The average Bonchev–Trinajstić information content (AvgIpc) is 2.44. The van der Waals surface area contributed by atoms with Crippen LogP contribution in [0, 0.1) is 6.92 Å². The van der Waals surface area contributed by atoms with Gasteiger partial charge in [0.15, 0.2) is 0 Å².